The average molecular weight is 304 g/mol. The van der Waals surface area contributed by atoms with E-state index in [9.17, 15) is 18.7 Å². The first kappa shape index (κ1) is 16.6. The number of piperidine rings is 2. The van der Waals surface area contributed by atoms with Crippen LogP contribution in [0.5, 0.6) is 0 Å². The third-order valence-electron chi connectivity index (χ3n) is 4.20. The number of carbonyl (C=O) groups is 1. The summed E-state index contributed by atoms with van der Waals surface area (Å²) in [6, 6.07) is -0.459. The second kappa shape index (κ2) is 5.80. The Hall–Kier alpha value is -0.750. The van der Waals surface area contributed by atoms with E-state index in [0.717, 1.165) is 6.42 Å². The van der Waals surface area contributed by atoms with Gasteiger partial charge >= 0.3 is 0 Å². The van der Waals surface area contributed by atoms with Crippen LogP contribution in [-0.4, -0.2) is 65.1 Å². The van der Waals surface area contributed by atoms with Gasteiger partial charge in [-0.3, -0.25) is 9.69 Å². The molecule has 2 fully saturated rings. The molecule has 2 rings (SSSR count). The highest BCUT2D eigenvalue weighted by molar-refractivity contribution is 5.82. The van der Waals surface area contributed by atoms with E-state index in [1.54, 1.807) is 9.80 Å². The molecule has 122 valence electrons. The van der Waals surface area contributed by atoms with Crippen LogP contribution in [0, 0.1) is 5.41 Å². The standard InChI is InChI=1S/C15H26F2N2O2/c1-14(2,3)9-19-7-4-5-11(13(19)21)18-8-6-12(20)15(16,17)10-18/h11-12,20H,4-10H2,1-3H3/t11-,12+/m1/s1. The number of hydrogen-bond donors (Lipinski definition) is 1. The van der Waals surface area contributed by atoms with Crippen molar-refractivity contribution in [3.63, 3.8) is 0 Å². The van der Waals surface area contributed by atoms with Gasteiger partial charge in [0.2, 0.25) is 5.91 Å². The fourth-order valence-corrected chi connectivity index (χ4v) is 3.21. The summed E-state index contributed by atoms with van der Waals surface area (Å²) in [7, 11) is 0. The quantitative estimate of drug-likeness (QED) is 0.845. The van der Waals surface area contributed by atoms with E-state index >= 15 is 0 Å². The summed E-state index contributed by atoms with van der Waals surface area (Å²) >= 11 is 0. The van der Waals surface area contributed by atoms with Gasteiger partial charge in [0.05, 0.1) is 12.6 Å². The van der Waals surface area contributed by atoms with E-state index in [1.165, 1.54) is 0 Å². The zero-order valence-electron chi connectivity index (χ0n) is 13.1. The molecule has 0 spiro atoms. The molecule has 2 aliphatic heterocycles. The lowest BCUT2D eigenvalue weighted by Gasteiger charge is -2.44. The number of hydrogen-bond acceptors (Lipinski definition) is 3. The number of alkyl halides is 2. The fourth-order valence-electron chi connectivity index (χ4n) is 3.21. The van der Waals surface area contributed by atoms with E-state index in [-0.39, 0.29) is 17.7 Å². The van der Waals surface area contributed by atoms with Crippen LogP contribution in [0.2, 0.25) is 0 Å². The lowest BCUT2D eigenvalue weighted by atomic mass is 9.92. The molecule has 0 aromatic heterocycles. The van der Waals surface area contributed by atoms with Crippen molar-refractivity contribution in [2.75, 3.05) is 26.2 Å². The number of rotatable bonds is 2. The zero-order chi connectivity index (χ0) is 15.8. The Kier molecular flexibility index (Phi) is 4.59. The van der Waals surface area contributed by atoms with Gasteiger partial charge in [-0.25, -0.2) is 8.78 Å². The number of amides is 1. The number of aliphatic hydroxyl groups is 1. The molecule has 2 saturated heterocycles. The van der Waals surface area contributed by atoms with Crippen molar-refractivity contribution in [2.45, 2.75) is 58.1 Å². The predicted molar refractivity (Wildman–Crippen MR) is 76.2 cm³/mol. The van der Waals surface area contributed by atoms with Gasteiger partial charge in [0.1, 0.15) is 6.10 Å². The molecule has 2 atom stereocenters. The largest absolute Gasteiger partial charge is 0.387 e. The molecular formula is C15H26F2N2O2. The van der Waals surface area contributed by atoms with Crippen molar-refractivity contribution in [1.29, 1.82) is 0 Å². The van der Waals surface area contributed by atoms with Gasteiger partial charge in [-0.05, 0) is 24.7 Å². The van der Waals surface area contributed by atoms with Crippen molar-refractivity contribution in [2.24, 2.45) is 5.41 Å². The van der Waals surface area contributed by atoms with Crippen LogP contribution in [0.1, 0.15) is 40.0 Å². The van der Waals surface area contributed by atoms with E-state index in [0.29, 0.717) is 26.1 Å². The topological polar surface area (TPSA) is 43.8 Å². The molecule has 0 saturated carbocycles. The van der Waals surface area contributed by atoms with Gasteiger partial charge in [-0.2, -0.15) is 0 Å². The Bertz CT molecular complexity index is 396. The summed E-state index contributed by atoms with van der Waals surface area (Å²) in [4.78, 5) is 15.9. The lowest BCUT2D eigenvalue weighted by molar-refractivity contribution is -0.167. The maximum Gasteiger partial charge on any atom is 0.285 e. The number of nitrogens with zero attached hydrogens (tertiary/aromatic N) is 2. The zero-order valence-corrected chi connectivity index (χ0v) is 13.1. The average Bonchev–Trinajstić information content (AvgIpc) is 2.34. The number of halogens is 2. The Morgan fingerprint density at radius 1 is 1.29 bits per heavy atom. The molecule has 2 heterocycles. The van der Waals surface area contributed by atoms with Gasteiger partial charge in [0, 0.05) is 19.6 Å². The second-order valence-electron chi connectivity index (χ2n) is 7.51. The SMILES string of the molecule is CC(C)(C)CN1CCC[C@@H](N2CC[C@H](O)C(F)(F)C2)C1=O. The summed E-state index contributed by atoms with van der Waals surface area (Å²) in [5, 5.41) is 9.35. The maximum atomic E-state index is 13.7. The minimum Gasteiger partial charge on any atom is -0.387 e. The molecule has 0 unspecified atom stereocenters. The minimum atomic E-state index is -3.12. The van der Waals surface area contributed by atoms with Crippen LogP contribution >= 0.6 is 0 Å². The Balaban J connectivity index is 2.04. The Morgan fingerprint density at radius 2 is 1.95 bits per heavy atom. The molecule has 4 nitrogen and oxygen atoms in total. The van der Waals surface area contributed by atoms with Crippen LogP contribution in [0.3, 0.4) is 0 Å². The maximum absolute atomic E-state index is 13.7. The summed E-state index contributed by atoms with van der Waals surface area (Å²) in [5.41, 5.74) is -0.000417. The molecular weight excluding hydrogens is 278 g/mol. The minimum absolute atomic E-state index is 0.000417. The highest BCUT2D eigenvalue weighted by Gasteiger charge is 2.47. The molecule has 0 aromatic carbocycles. The van der Waals surface area contributed by atoms with Gasteiger partial charge in [-0.15, -0.1) is 0 Å². The van der Waals surface area contributed by atoms with Crippen molar-refractivity contribution < 1.29 is 18.7 Å². The van der Waals surface area contributed by atoms with Crippen LogP contribution < -0.4 is 0 Å². The lowest BCUT2D eigenvalue weighted by Crippen LogP contribution is -2.60. The van der Waals surface area contributed by atoms with E-state index in [2.05, 4.69) is 20.8 Å². The molecule has 21 heavy (non-hydrogen) atoms. The number of likely N-dealkylation sites (tertiary alicyclic amines) is 2. The van der Waals surface area contributed by atoms with E-state index in [1.807, 2.05) is 0 Å². The first-order chi connectivity index (χ1) is 9.60. The first-order valence-corrected chi connectivity index (χ1v) is 7.69. The van der Waals surface area contributed by atoms with Crippen LogP contribution in [0.15, 0.2) is 0 Å². The van der Waals surface area contributed by atoms with Crippen LogP contribution in [0.25, 0.3) is 0 Å². The van der Waals surface area contributed by atoms with Crippen LogP contribution in [-0.2, 0) is 4.79 Å². The molecule has 0 aromatic rings. The molecule has 1 N–H and O–H groups in total. The summed E-state index contributed by atoms with van der Waals surface area (Å²) in [6.07, 6.45) is -0.0862. The summed E-state index contributed by atoms with van der Waals surface area (Å²) < 4.78 is 27.4. The highest BCUT2D eigenvalue weighted by atomic mass is 19.3. The molecule has 0 radical (unpaired) electrons. The second-order valence-corrected chi connectivity index (χ2v) is 7.51. The van der Waals surface area contributed by atoms with Gasteiger partial charge in [0.15, 0.2) is 0 Å². The molecule has 0 aliphatic carbocycles. The van der Waals surface area contributed by atoms with Gasteiger partial charge < -0.3 is 10.0 Å². The molecule has 0 bridgehead atoms. The number of aliphatic hydroxyl groups excluding tert-OH is 1. The normalized spacial score (nSPS) is 31.5. The van der Waals surface area contributed by atoms with Crippen molar-refractivity contribution >= 4 is 5.91 Å². The van der Waals surface area contributed by atoms with E-state index < -0.39 is 24.6 Å². The van der Waals surface area contributed by atoms with Crippen molar-refractivity contribution in [1.82, 2.24) is 9.80 Å². The Labute approximate surface area is 125 Å². The monoisotopic (exact) mass is 304 g/mol. The molecule has 1 amide bonds. The predicted octanol–water partition coefficient (Wildman–Crippen LogP) is 1.73. The fraction of sp³-hybridized carbons (Fsp3) is 0.933. The summed E-state index contributed by atoms with van der Waals surface area (Å²) in [5.74, 6) is -3.16. The number of carbonyl (C=O) groups excluding carboxylic acids is 1. The molecule has 2 aliphatic rings. The first-order valence-electron chi connectivity index (χ1n) is 7.69. The van der Waals surface area contributed by atoms with Crippen LogP contribution in [0.4, 0.5) is 8.78 Å². The smallest absolute Gasteiger partial charge is 0.285 e. The third kappa shape index (κ3) is 3.92. The third-order valence-corrected chi connectivity index (χ3v) is 4.20. The highest BCUT2D eigenvalue weighted by Crippen LogP contribution is 2.31. The summed E-state index contributed by atoms with van der Waals surface area (Å²) in [6.45, 7) is 7.39. The van der Waals surface area contributed by atoms with Crippen molar-refractivity contribution in [3.05, 3.63) is 0 Å². The molecule has 6 heteroatoms. The van der Waals surface area contributed by atoms with Crippen molar-refractivity contribution in [3.8, 4) is 0 Å². The van der Waals surface area contributed by atoms with E-state index in [4.69, 9.17) is 0 Å². The van der Waals surface area contributed by atoms with Gasteiger partial charge in [0.25, 0.3) is 5.92 Å². The Morgan fingerprint density at radius 3 is 2.52 bits per heavy atom. The van der Waals surface area contributed by atoms with Gasteiger partial charge in [-0.1, -0.05) is 20.8 Å².